The highest BCUT2D eigenvalue weighted by molar-refractivity contribution is 7.89. The molecule has 32 heavy (non-hydrogen) atoms. The zero-order valence-electron chi connectivity index (χ0n) is 17.3. The Labute approximate surface area is 185 Å². The van der Waals surface area contributed by atoms with Gasteiger partial charge in [-0.2, -0.15) is 9.57 Å². The zero-order valence-corrected chi connectivity index (χ0v) is 18.1. The number of piperazine rings is 1. The summed E-state index contributed by atoms with van der Waals surface area (Å²) in [6.45, 7) is 1.02. The van der Waals surface area contributed by atoms with Crippen molar-refractivity contribution in [3.05, 3.63) is 59.2 Å². The van der Waals surface area contributed by atoms with Crippen LogP contribution in [0.1, 0.15) is 17.5 Å². The molecule has 1 fully saturated rings. The van der Waals surface area contributed by atoms with Crippen LogP contribution in [0.3, 0.4) is 0 Å². The Balaban J connectivity index is 1.43. The molecule has 168 valence electrons. The predicted octanol–water partition coefficient (Wildman–Crippen LogP) is 2.12. The normalized spacial score (nSPS) is 17.0. The molecule has 2 aromatic rings. The molecule has 2 heterocycles. The third kappa shape index (κ3) is 4.18. The van der Waals surface area contributed by atoms with Gasteiger partial charge in [-0.3, -0.25) is 4.79 Å². The van der Waals surface area contributed by atoms with E-state index in [4.69, 9.17) is 0 Å². The van der Waals surface area contributed by atoms with Gasteiger partial charge in [-0.15, -0.1) is 0 Å². The summed E-state index contributed by atoms with van der Waals surface area (Å²) < 4.78 is 55.1. The van der Waals surface area contributed by atoms with Gasteiger partial charge >= 0.3 is 0 Å². The van der Waals surface area contributed by atoms with E-state index in [2.05, 4.69) is 0 Å². The molecule has 0 N–H and O–H groups in total. The lowest BCUT2D eigenvalue weighted by Crippen LogP contribution is -2.53. The Hall–Kier alpha value is -3.03. The molecule has 1 saturated heterocycles. The number of nitrogens with zero attached hydrogens (tertiary/aromatic N) is 4. The van der Waals surface area contributed by atoms with E-state index in [1.807, 2.05) is 6.07 Å². The molecule has 0 radical (unpaired) electrons. The van der Waals surface area contributed by atoms with Gasteiger partial charge in [0.2, 0.25) is 15.9 Å². The van der Waals surface area contributed by atoms with Gasteiger partial charge in [0.15, 0.2) is 0 Å². The molecule has 0 bridgehead atoms. The number of aryl methyl sites for hydroxylation is 1. The van der Waals surface area contributed by atoms with Crippen molar-refractivity contribution in [1.29, 1.82) is 5.26 Å². The minimum atomic E-state index is -3.85. The van der Waals surface area contributed by atoms with E-state index in [0.717, 1.165) is 6.07 Å². The van der Waals surface area contributed by atoms with Crippen molar-refractivity contribution in [2.45, 2.75) is 17.7 Å². The van der Waals surface area contributed by atoms with Crippen molar-refractivity contribution >= 4 is 21.6 Å². The average molecular weight is 461 g/mol. The second-order valence-electron chi connectivity index (χ2n) is 7.81. The third-order valence-corrected chi connectivity index (χ3v) is 7.80. The summed E-state index contributed by atoms with van der Waals surface area (Å²) in [5.74, 6) is -1.56. The number of nitriles is 1. The number of halogens is 2. The Morgan fingerprint density at radius 2 is 1.78 bits per heavy atom. The van der Waals surface area contributed by atoms with Crippen molar-refractivity contribution in [2.75, 3.05) is 44.2 Å². The van der Waals surface area contributed by atoms with Gasteiger partial charge < -0.3 is 9.80 Å². The first kappa shape index (κ1) is 22.2. The van der Waals surface area contributed by atoms with E-state index in [-0.39, 0.29) is 54.8 Å². The number of benzene rings is 2. The molecule has 0 spiro atoms. The van der Waals surface area contributed by atoms with Gasteiger partial charge in [0.25, 0.3) is 0 Å². The predicted molar refractivity (Wildman–Crippen MR) is 113 cm³/mol. The second kappa shape index (κ2) is 8.84. The van der Waals surface area contributed by atoms with Crippen molar-refractivity contribution in [3.8, 4) is 6.07 Å². The molecule has 0 atom stereocenters. The maximum absolute atomic E-state index is 14.4. The second-order valence-corrected chi connectivity index (χ2v) is 9.72. The van der Waals surface area contributed by atoms with E-state index in [0.29, 0.717) is 24.9 Å². The molecule has 1 amide bonds. The van der Waals surface area contributed by atoms with Gasteiger partial charge in [-0.25, -0.2) is 17.2 Å². The molecule has 4 rings (SSSR count). The van der Waals surface area contributed by atoms with Crippen LogP contribution >= 0.6 is 0 Å². The number of hydrogen-bond acceptors (Lipinski definition) is 5. The fourth-order valence-corrected chi connectivity index (χ4v) is 5.82. The SMILES string of the molecule is N#Cc1ccccc1S(=O)(=O)N1CCN(C(=O)CN2CCCc3cc(F)cc(F)c32)CC1. The monoisotopic (exact) mass is 460 g/mol. The fourth-order valence-electron chi connectivity index (χ4n) is 4.26. The minimum absolute atomic E-state index is 0.0464. The van der Waals surface area contributed by atoms with Gasteiger partial charge in [-0.05, 0) is 36.6 Å². The largest absolute Gasteiger partial charge is 0.360 e. The van der Waals surface area contributed by atoms with Crippen LogP contribution in [0, 0.1) is 23.0 Å². The molecular formula is C22H22F2N4O3S. The van der Waals surface area contributed by atoms with E-state index >= 15 is 0 Å². The van der Waals surface area contributed by atoms with Crippen molar-refractivity contribution < 1.29 is 22.0 Å². The first-order valence-corrected chi connectivity index (χ1v) is 11.7. The Kier molecular flexibility index (Phi) is 6.13. The molecule has 2 aromatic carbocycles. The summed E-state index contributed by atoms with van der Waals surface area (Å²) in [6.07, 6.45) is 1.24. The van der Waals surface area contributed by atoms with Crippen molar-refractivity contribution in [2.24, 2.45) is 0 Å². The molecule has 0 saturated carbocycles. The summed E-state index contributed by atoms with van der Waals surface area (Å²) in [6, 6.07) is 10.0. The number of rotatable bonds is 4. The molecule has 0 aliphatic carbocycles. The highest BCUT2D eigenvalue weighted by Gasteiger charge is 2.32. The van der Waals surface area contributed by atoms with Crippen LogP contribution < -0.4 is 4.90 Å². The van der Waals surface area contributed by atoms with E-state index in [9.17, 15) is 27.3 Å². The van der Waals surface area contributed by atoms with E-state index < -0.39 is 21.7 Å². The average Bonchev–Trinajstić information content (AvgIpc) is 2.78. The zero-order chi connectivity index (χ0) is 22.9. The van der Waals surface area contributed by atoms with Gasteiger partial charge in [-0.1, -0.05) is 12.1 Å². The lowest BCUT2D eigenvalue weighted by atomic mass is 10.0. The number of carbonyl (C=O) groups excluding carboxylic acids is 1. The standard InChI is InChI=1S/C22H22F2N4O3S/c23-18-12-16-5-3-7-27(22(16)19(24)13-18)15-21(29)26-8-10-28(11-9-26)32(30,31)20-6-2-1-4-17(20)14-25/h1-2,4,6,12-13H,3,5,7-11,15H2. The van der Waals surface area contributed by atoms with Crippen molar-refractivity contribution in [1.82, 2.24) is 9.21 Å². The lowest BCUT2D eigenvalue weighted by Gasteiger charge is -2.37. The first-order chi connectivity index (χ1) is 15.3. The Morgan fingerprint density at radius 1 is 1.06 bits per heavy atom. The number of carbonyl (C=O) groups is 1. The van der Waals surface area contributed by atoms with Crippen LogP contribution in [0.4, 0.5) is 14.5 Å². The molecule has 2 aliphatic rings. The molecule has 2 aliphatic heterocycles. The summed E-state index contributed by atoms with van der Waals surface area (Å²) in [4.78, 5) is 16.0. The number of sulfonamides is 1. The lowest BCUT2D eigenvalue weighted by molar-refractivity contribution is -0.130. The third-order valence-electron chi connectivity index (χ3n) is 5.84. The summed E-state index contributed by atoms with van der Waals surface area (Å²) in [7, 11) is -3.85. The molecular weight excluding hydrogens is 438 g/mol. The fraction of sp³-hybridized carbons (Fsp3) is 0.364. The Morgan fingerprint density at radius 3 is 2.50 bits per heavy atom. The molecule has 0 unspecified atom stereocenters. The maximum atomic E-state index is 14.4. The van der Waals surface area contributed by atoms with Crippen LogP contribution in [0.2, 0.25) is 0 Å². The summed E-state index contributed by atoms with van der Waals surface area (Å²) in [5.41, 5.74) is 0.891. The molecule has 10 heteroatoms. The Bertz CT molecular complexity index is 1190. The van der Waals surface area contributed by atoms with Gasteiger partial charge in [0.1, 0.15) is 17.7 Å². The minimum Gasteiger partial charge on any atom is -0.360 e. The molecule has 7 nitrogen and oxygen atoms in total. The van der Waals surface area contributed by atoms with Gasteiger partial charge in [0, 0.05) is 38.8 Å². The highest BCUT2D eigenvalue weighted by atomic mass is 32.2. The maximum Gasteiger partial charge on any atom is 0.244 e. The number of fused-ring (bicyclic) bond motifs is 1. The van der Waals surface area contributed by atoms with Gasteiger partial charge in [0.05, 0.1) is 22.7 Å². The van der Waals surface area contributed by atoms with Crippen LogP contribution in [0.25, 0.3) is 0 Å². The van der Waals surface area contributed by atoms with Crippen molar-refractivity contribution in [3.63, 3.8) is 0 Å². The van der Waals surface area contributed by atoms with Crippen LogP contribution in [0.15, 0.2) is 41.3 Å². The summed E-state index contributed by atoms with van der Waals surface area (Å²) >= 11 is 0. The van der Waals surface area contributed by atoms with Crippen LogP contribution in [-0.2, 0) is 21.2 Å². The van der Waals surface area contributed by atoms with Crippen LogP contribution in [-0.4, -0.2) is 62.8 Å². The smallest absolute Gasteiger partial charge is 0.244 e. The highest BCUT2D eigenvalue weighted by Crippen LogP contribution is 2.31. The number of hydrogen-bond donors (Lipinski definition) is 0. The first-order valence-electron chi connectivity index (χ1n) is 10.3. The van der Waals surface area contributed by atoms with Crippen LogP contribution in [0.5, 0.6) is 0 Å². The number of amides is 1. The van der Waals surface area contributed by atoms with E-state index in [1.54, 1.807) is 21.9 Å². The molecule has 0 aromatic heterocycles. The number of anilines is 1. The summed E-state index contributed by atoms with van der Waals surface area (Å²) in [5, 5.41) is 9.22. The topological polar surface area (TPSA) is 84.7 Å². The quantitative estimate of drug-likeness (QED) is 0.698. The van der Waals surface area contributed by atoms with E-state index in [1.165, 1.54) is 22.5 Å².